The molecule has 0 fully saturated rings. The molecule has 2 aromatic carbocycles. The first-order chi connectivity index (χ1) is 10.7. The van der Waals surface area contributed by atoms with Crippen LogP contribution in [0.5, 0.6) is 0 Å². The molecule has 2 aromatic rings. The normalized spacial score (nSPS) is 10.5. The smallest absolute Gasteiger partial charge is 0.220 e. The maximum absolute atomic E-state index is 11.9. The van der Waals surface area contributed by atoms with Crippen LogP contribution in [-0.2, 0) is 24.2 Å². The van der Waals surface area contributed by atoms with Crippen LogP contribution < -0.4 is 5.32 Å². The zero-order valence-electron chi connectivity index (χ0n) is 13.0. The Kier molecular flexibility index (Phi) is 6.16. The second-order valence-corrected chi connectivity index (χ2v) is 5.50. The van der Waals surface area contributed by atoms with E-state index in [-0.39, 0.29) is 12.5 Å². The lowest BCUT2D eigenvalue weighted by molar-refractivity contribution is -0.121. The van der Waals surface area contributed by atoms with Crippen LogP contribution in [0.2, 0.25) is 0 Å². The van der Waals surface area contributed by atoms with E-state index in [1.54, 1.807) is 0 Å². The quantitative estimate of drug-likeness (QED) is 0.825. The molecule has 2 N–H and O–H groups in total. The summed E-state index contributed by atoms with van der Waals surface area (Å²) in [6, 6.07) is 16.0. The van der Waals surface area contributed by atoms with Crippen LogP contribution in [0.15, 0.2) is 48.5 Å². The molecule has 22 heavy (non-hydrogen) atoms. The van der Waals surface area contributed by atoms with E-state index in [9.17, 15) is 4.79 Å². The van der Waals surface area contributed by atoms with Crippen LogP contribution in [0.25, 0.3) is 0 Å². The topological polar surface area (TPSA) is 49.3 Å². The molecule has 0 radical (unpaired) electrons. The third-order valence-electron chi connectivity index (χ3n) is 3.82. The SMILES string of the molecule is Cc1ccccc1CCC(=O)NCCc1ccc(CO)cc1. The molecule has 116 valence electrons. The molecular formula is C19H23NO2. The van der Waals surface area contributed by atoms with E-state index < -0.39 is 0 Å². The van der Waals surface area contributed by atoms with Gasteiger partial charge in [-0.2, -0.15) is 0 Å². The molecule has 0 heterocycles. The molecule has 0 spiro atoms. The summed E-state index contributed by atoms with van der Waals surface area (Å²) in [7, 11) is 0. The van der Waals surface area contributed by atoms with Crippen LogP contribution >= 0.6 is 0 Å². The minimum Gasteiger partial charge on any atom is -0.392 e. The number of hydrogen-bond acceptors (Lipinski definition) is 2. The number of rotatable bonds is 7. The second-order valence-electron chi connectivity index (χ2n) is 5.50. The Balaban J connectivity index is 1.70. The van der Waals surface area contributed by atoms with Crippen molar-refractivity contribution in [2.75, 3.05) is 6.54 Å². The van der Waals surface area contributed by atoms with Gasteiger partial charge >= 0.3 is 0 Å². The minimum absolute atomic E-state index is 0.0654. The Morgan fingerprint density at radius 2 is 1.68 bits per heavy atom. The van der Waals surface area contributed by atoms with E-state index in [0.717, 1.165) is 24.0 Å². The number of benzene rings is 2. The third-order valence-corrected chi connectivity index (χ3v) is 3.82. The van der Waals surface area contributed by atoms with Gasteiger partial charge in [0.25, 0.3) is 0 Å². The fraction of sp³-hybridized carbons (Fsp3) is 0.316. The summed E-state index contributed by atoms with van der Waals surface area (Å²) in [5.74, 6) is 0.0928. The molecule has 0 saturated heterocycles. The summed E-state index contributed by atoms with van der Waals surface area (Å²) >= 11 is 0. The summed E-state index contributed by atoms with van der Waals surface area (Å²) in [5, 5.41) is 12.0. The Labute approximate surface area is 132 Å². The van der Waals surface area contributed by atoms with Crippen molar-refractivity contribution in [1.82, 2.24) is 5.32 Å². The van der Waals surface area contributed by atoms with Crippen LogP contribution in [0.1, 0.15) is 28.7 Å². The third kappa shape index (κ3) is 5.01. The van der Waals surface area contributed by atoms with E-state index in [0.29, 0.717) is 13.0 Å². The lowest BCUT2D eigenvalue weighted by atomic mass is 10.0. The van der Waals surface area contributed by atoms with E-state index in [4.69, 9.17) is 5.11 Å². The van der Waals surface area contributed by atoms with Gasteiger partial charge in [0, 0.05) is 13.0 Å². The van der Waals surface area contributed by atoms with Gasteiger partial charge in [-0.1, -0.05) is 48.5 Å². The monoisotopic (exact) mass is 297 g/mol. The number of hydrogen-bond donors (Lipinski definition) is 2. The number of carbonyl (C=O) groups is 1. The Bertz CT molecular complexity index is 605. The van der Waals surface area contributed by atoms with Crippen molar-refractivity contribution in [3.63, 3.8) is 0 Å². The zero-order chi connectivity index (χ0) is 15.8. The zero-order valence-corrected chi connectivity index (χ0v) is 13.0. The van der Waals surface area contributed by atoms with E-state index in [1.165, 1.54) is 11.1 Å². The first kappa shape index (κ1) is 16.2. The van der Waals surface area contributed by atoms with Gasteiger partial charge in [-0.3, -0.25) is 4.79 Å². The Morgan fingerprint density at radius 1 is 1.00 bits per heavy atom. The predicted molar refractivity (Wildman–Crippen MR) is 88.6 cm³/mol. The highest BCUT2D eigenvalue weighted by molar-refractivity contribution is 5.76. The molecular weight excluding hydrogens is 274 g/mol. The van der Waals surface area contributed by atoms with Crippen molar-refractivity contribution in [3.8, 4) is 0 Å². The number of amides is 1. The summed E-state index contributed by atoms with van der Waals surface area (Å²) in [6.07, 6.45) is 2.11. The van der Waals surface area contributed by atoms with Gasteiger partial charge in [-0.05, 0) is 42.0 Å². The fourth-order valence-electron chi connectivity index (χ4n) is 2.38. The van der Waals surface area contributed by atoms with Gasteiger partial charge in [-0.25, -0.2) is 0 Å². The van der Waals surface area contributed by atoms with Crippen molar-refractivity contribution in [3.05, 3.63) is 70.8 Å². The van der Waals surface area contributed by atoms with Gasteiger partial charge in [0.2, 0.25) is 5.91 Å². The largest absolute Gasteiger partial charge is 0.392 e. The van der Waals surface area contributed by atoms with E-state index in [1.807, 2.05) is 36.4 Å². The van der Waals surface area contributed by atoms with Crippen molar-refractivity contribution in [2.24, 2.45) is 0 Å². The molecule has 0 aliphatic heterocycles. The molecule has 3 nitrogen and oxygen atoms in total. The summed E-state index contributed by atoms with van der Waals surface area (Å²) in [6.45, 7) is 2.78. The van der Waals surface area contributed by atoms with Crippen LogP contribution in [0.3, 0.4) is 0 Å². The molecule has 1 amide bonds. The van der Waals surface area contributed by atoms with Crippen molar-refractivity contribution < 1.29 is 9.90 Å². The molecule has 0 aliphatic rings. The van der Waals surface area contributed by atoms with Gasteiger partial charge < -0.3 is 10.4 Å². The standard InChI is InChI=1S/C19H23NO2/c1-15-4-2-3-5-18(15)10-11-19(22)20-13-12-16-6-8-17(14-21)9-7-16/h2-9,21H,10-14H2,1H3,(H,20,22). The number of aryl methyl sites for hydroxylation is 2. The molecule has 0 aliphatic carbocycles. The highest BCUT2D eigenvalue weighted by Crippen LogP contribution is 2.09. The summed E-state index contributed by atoms with van der Waals surface area (Å²) < 4.78 is 0. The van der Waals surface area contributed by atoms with E-state index in [2.05, 4.69) is 24.4 Å². The maximum atomic E-state index is 11.9. The first-order valence-corrected chi connectivity index (χ1v) is 7.69. The van der Waals surface area contributed by atoms with Crippen LogP contribution in [-0.4, -0.2) is 17.6 Å². The number of carbonyl (C=O) groups excluding carboxylic acids is 1. The lowest BCUT2D eigenvalue weighted by Crippen LogP contribution is -2.25. The molecule has 3 heteroatoms. The molecule has 0 bridgehead atoms. The summed E-state index contributed by atoms with van der Waals surface area (Å²) in [5.41, 5.74) is 4.54. The molecule has 0 saturated carbocycles. The Morgan fingerprint density at radius 3 is 2.36 bits per heavy atom. The van der Waals surface area contributed by atoms with Gasteiger partial charge in [0.1, 0.15) is 0 Å². The average molecular weight is 297 g/mol. The number of aliphatic hydroxyl groups excluding tert-OH is 1. The van der Waals surface area contributed by atoms with Crippen molar-refractivity contribution in [1.29, 1.82) is 0 Å². The van der Waals surface area contributed by atoms with Crippen LogP contribution in [0.4, 0.5) is 0 Å². The highest BCUT2D eigenvalue weighted by Gasteiger charge is 2.03. The molecule has 0 atom stereocenters. The molecule has 2 rings (SSSR count). The van der Waals surface area contributed by atoms with Gasteiger partial charge in [0.15, 0.2) is 0 Å². The average Bonchev–Trinajstić information content (AvgIpc) is 2.55. The van der Waals surface area contributed by atoms with Gasteiger partial charge in [0.05, 0.1) is 6.61 Å². The lowest BCUT2D eigenvalue weighted by Gasteiger charge is -2.07. The highest BCUT2D eigenvalue weighted by atomic mass is 16.3. The number of aliphatic hydroxyl groups is 1. The van der Waals surface area contributed by atoms with E-state index >= 15 is 0 Å². The maximum Gasteiger partial charge on any atom is 0.220 e. The minimum atomic E-state index is 0.0654. The van der Waals surface area contributed by atoms with Gasteiger partial charge in [-0.15, -0.1) is 0 Å². The van der Waals surface area contributed by atoms with Crippen molar-refractivity contribution in [2.45, 2.75) is 32.8 Å². The second kappa shape index (κ2) is 8.35. The molecule has 0 unspecified atom stereocenters. The number of nitrogens with one attached hydrogen (secondary N) is 1. The van der Waals surface area contributed by atoms with Crippen LogP contribution in [0, 0.1) is 6.92 Å². The fourth-order valence-corrected chi connectivity index (χ4v) is 2.38. The Hall–Kier alpha value is -2.13. The molecule has 0 aromatic heterocycles. The predicted octanol–water partition coefficient (Wildman–Crippen LogP) is 2.78. The van der Waals surface area contributed by atoms with Crippen molar-refractivity contribution >= 4 is 5.91 Å². The summed E-state index contributed by atoms with van der Waals surface area (Å²) in [4.78, 5) is 11.9. The first-order valence-electron chi connectivity index (χ1n) is 7.69.